The van der Waals surface area contributed by atoms with Gasteiger partial charge in [-0.05, 0) is 32.0 Å². The predicted molar refractivity (Wildman–Crippen MR) is 81.8 cm³/mol. The molecule has 21 heavy (non-hydrogen) atoms. The second-order valence-electron chi connectivity index (χ2n) is 5.77. The fraction of sp³-hybridized carbons (Fsp3) is 0.467. The molecule has 0 unspecified atom stereocenters. The van der Waals surface area contributed by atoms with E-state index in [4.69, 9.17) is 16.3 Å². The number of morpholine rings is 1. The molecule has 1 saturated heterocycles. The maximum Gasteiger partial charge on any atom is 0.258 e. The number of quaternary nitrogens is 1. The number of benzene rings is 1. The molecular weight excluding hydrogens is 290 g/mol. The number of hydrogen-bond acceptors (Lipinski definition) is 3. The molecule has 2 heterocycles. The van der Waals surface area contributed by atoms with Crippen molar-refractivity contribution in [3.05, 3.63) is 39.4 Å². The Hall–Kier alpha value is -1.43. The highest BCUT2D eigenvalue weighted by atomic mass is 35.5. The van der Waals surface area contributed by atoms with Gasteiger partial charge in [0.15, 0.2) is 5.82 Å². The Morgan fingerprint density at radius 1 is 1.38 bits per heavy atom. The average molecular weight is 309 g/mol. The van der Waals surface area contributed by atoms with Gasteiger partial charge in [0.2, 0.25) is 0 Å². The monoisotopic (exact) mass is 308 g/mol. The molecule has 1 aliphatic heterocycles. The molecule has 2 atom stereocenters. The number of H-pyrrole nitrogens is 1. The Labute approximate surface area is 127 Å². The summed E-state index contributed by atoms with van der Waals surface area (Å²) in [5, 5.41) is 1.16. The second kappa shape index (κ2) is 5.75. The number of aromatic nitrogens is 2. The standard InChI is InChI=1S/C15H18ClN3O2/c1-9-6-19(7-10(2)21-9)8-14-17-13-5-11(16)3-4-12(13)15(20)18-14/h3-5,9-10H,6-8H2,1-2H3,(H,17,18,20)/p+1/t9-,10-/m0/s1. The Balaban J connectivity index is 1.89. The van der Waals surface area contributed by atoms with Crippen LogP contribution in [0.5, 0.6) is 0 Å². The molecule has 1 aliphatic rings. The molecule has 0 spiro atoms. The van der Waals surface area contributed by atoms with Gasteiger partial charge in [0.25, 0.3) is 5.56 Å². The van der Waals surface area contributed by atoms with Gasteiger partial charge >= 0.3 is 0 Å². The van der Waals surface area contributed by atoms with Gasteiger partial charge < -0.3 is 14.6 Å². The van der Waals surface area contributed by atoms with Gasteiger partial charge in [-0.3, -0.25) is 4.79 Å². The summed E-state index contributed by atoms with van der Waals surface area (Å²) in [6.07, 6.45) is 0.454. The van der Waals surface area contributed by atoms with Crippen molar-refractivity contribution in [2.45, 2.75) is 32.6 Å². The van der Waals surface area contributed by atoms with Crippen LogP contribution >= 0.6 is 11.6 Å². The topological polar surface area (TPSA) is 59.4 Å². The van der Waals surface area contributed by atoms with E-state index >= 15 is 0 Å². The summed E-state index contributed by atoms with van der Waals surface area (Å²) >= 11 is 5.98. The van der Waals surface area contributed by atoms with Crippen LogP contribution in [0.1, 0.15) is 19.7 Å². The lowest BCUT2D eigenvalue weighted by Gasteiger charge is -2.32. The number of nitrogens with zero attached hydrogens (tertiary/aromatic N) is 1. The van der Waals surface area contributed by atoms with Crippen LogP contribution in [0.25, 0.3) is 10.9 Å². The highest BCUT2D eigenvalue weighted by Crippen LogP contribution is 2.14. The number of halogens is 1. The Bertz CT molecular complexity index is 706. The third-order valence-electron chi connectivity index (χ3n) is 3.75. The lowest BCUT2D eigenvalue weighted by Crippen LogP contribution is -3.14. The predicted octanol–water partition coefficient (Wildman–Crippen LogP) is 0.769. The highest BCUT2D eigenvalue weighted by molar-refractivity contribution is 6.31. The van der Waals surface area contributed by atoms with Crippen LogP contribution in [0.4, 0.5) is 0 Å². The fourth-order valence-corrected chi connectivity index (χ4v) is 3.18. The molecule has 1 aromatic heterocycles. The Kier molecular flexibility index (Phi) is 3.97. The van der Waals surface area contributed by atoms with Crippen LogP contribution in [0.3, 0.4) is 0 Å². The Morgan fingerprint density at radius 3 is 2.81 bits per heavy atom. The molecule has 112 valence electrons. The molecule has 0 bridgehead atoms. The third kappa shape index (κ3) is 3.26. The van der Waals surface area contributed by atoms with Crippen LogP contribution in [-0.2, 0) is 11.3 Å². The lowest BCUT2D eigenvalue weighted by molar-refractivity contribution is -0.928. The average Bonchev–Trinajstić information content (AvgIpc) is 2.36. The SMILES string of the molecule is C[C@H]1C[NH+](Cc2nc3cc(Cl)ccc3c(=O)[nH]2)C[C@H](C)O1. The summed E-state index contributed by atoms with van der Waals surface area (Å²) in [5.74, 6) is 0.700. The van der Waals surface area contributed by atoms with E-state index in [9.17, 15) is 4.79 Å². The van der Waals surface area contributed by atoms with Gasteiger partial charge in [0, 0.05) is 5.02 Å². The van der Waals surface area contributed by atoms with Crippen LogP contribution in [0.2, 0.25) is 5.02 Å². The van der Waals surface area contributed by atoms with Crippen molar-refractivity contribution in [1.29, 1.82) is 0 Å². The van der Waals surface area contributed by atoms with Crippen molar-refractivity contribution >= 4 is 22.5 Å². The van der Waals surface area contributed by atoms with Gasteiger partial charge in [0.1, 0.15) is 31.8 Å². The van der Waals surface area contributed by atoms with E-state index in [1.54, 1.807) is 18.2 Å². The summed E-state index contributed by atoms with van der Waals surface area (Å²) in [7, 11) is 0. The molecular formula is C15H19ClN3O2+. The highest BCUT2D eigenvalue weighted by Gasteiger charge is 2.26. The summed E-state index contributed by atoms with van der Waals surface area (Å²) in [4.78, 5) is 20.9. The zero-order valence-corrected chi connectivity index (χ0v) is 12.9. The van der Waals surface area contributed by atoms with E-state index in [0.717, 1.165) is 13.1 Å². The molecule has 5 nitrogen and oxygen atoms in total. The molecule has 2 aromatic rings. The third-order valence-corrected chi connectivity index (χ3v) is 3.99. The molecule has 1 fully saturated rings. The first-order chi connectivity index (χ1) is 10.0. The molecule has 6 heteroatoms. The molecule has 0 amide bonds. The number of nitrogens with one attached hydrogen (secondary N) is 2. The van der Waals surface area contributed by atoms with Crippen LogP contribution in [-0.4, -0.2) is 35.3 Å². The van der Waals surface area contributed by atoms with Crippen molar-refractivity contribution in [3.8, 4) is 0 Å². The van der Waals surface area contributed by atoms with Gasteiger partial charge in [-0.2, -0.15) is 0 Å². The van der Waals surface area contributed by atoms with E-state index in [1.165, 1.54) is 4.90 Å². The first-order valence-corrected chi connectivity index (χ1v) is 7.56. The smallest absolute Gasteiger partial charge is 0.258 e. The van der Waals surface area contributed by atoms with Crippen molar-refractivity contribution in [2.75, 3.05) is 13.1 Å². The van der Waals surface area contributed by atoms with Crippen molar-refractivity contribution in [3.63, 3.8) is 0 Å². The van der Waals surface area contributed by atoms with E-state index in [-0.39, 0.29) is 17.8 Å². The minimum Gasteiger partial charge on any atom is -0.364 e. The number of hydrogen-bond donors (Lipinski definition) is 2. The maximum atomic E-state index is 12.1. The van der Waals surface area contributed by atoms with E-state index in [2.05, 4.69) is 23.8 Å². The number of rotatable bonds is 2. The van der Waals surface area contributed by atoms with E-state index < -0.39 is 0 Å². The minimum atomic E-state index is -0.111. The molecule has 3 rings (SSSR count). The maximum absolute atomic E-state index is 12.1. The quantitative estimate of drug-likeness (QED) is 0.861. The second-order valence-corrected chi connectivity index (χ2v) is 6.20. The molecule has 0 saturated carbocycles. The molecule has 0 radical (unpaired) electrons. The summed E-state index contributed by atoms with van der Waals surface area (Å²) in [5.41, 5.74) is 0.537. The van der Waals surface area contributed by atoms with Gasteiger partial charge in [-0.25, -0.2) is 4.98 Å². The number of ether oxygens (including phenoxy) is 1. The van der Waals surface area contributed by atoms with E-state index in [0.29, 0.717) is 28.3 Å². The lowest BCUT2D eigenvalue weighted by atomic mass is 10.2. The van der Waals surface area contributed by atoms with Gasteiger partial charge in [-0.15, -0.1) is 0 Å². The summed E-state index contributed by atoms with van der Waals surface area (Å²) in [6, 6.07) is 5.14. The minimum absolute atomic E-state index is 0.111. The van der Waals surface area contributed by atoms with Gasteiger partial charge in [0.05, 0.1) is 10.9 Å². The fourth-order valence-electron chi connectivity index (χ4n) is 3.02. The zero-order chi connectivity index (χ0) is 15.0. The number of aromatic amines is 1. The normalized spacial score (nSPS) is 26.1. The van der Waals surface area contributed by atoms with Crippen LogP contribution in [0.15, 0.2) is 23.0 Å². The van der Waals surface area contributed by atoms with E-state index in [1.807, 2.05) is 0 Å². The largest absolute Gasteiger partial charge is 0.364 e. The van der Waals surface area contributed by atoms with Crippen LogP contribution < -0.4 is 10.5 Å². The first kappa shape index (κ1) is 14.5. The van der Waals surface area contributed by atoms with Crippen molar-refractivity contribution in [1.82, 2.24) is 9.97 Å². The van der Waals surface area contributed by atoms with Crippen LogP contribution in [0, 0.1) is 0 Å². The summed E-state index contributed by atoms with van der Waals surface area (Å²) < 4.78 is 5.73. The van der Waals surface area contributed by atoms with Crippen molar-refractivity contribution in [2.24, 2.45) is 0 Å². The molecule has 1 aromatic carbocycles. The zero-order valence-electron chi connectivity index (χ0n) is 12.1. The number of fused-ring (bicyclic) bond motifs is 1. The van der Waals surface area contributed by atoms with Gasteiger partial charge in [-0.1, -0.05) is 11.6 Å². The molecule has 2 N–H and O–H groups in total. The summed E-state index contributed by atoms with van der Waals surface area (Å²) in [6.45, 7) is 6.68. The molecule has 0 aliphatic carbocycles. The Morgan fingerprint density at radius 2 is 2.10 bits per heavy atom. The van der Waals surface area contributed by atoms with Crippen molar-refractivity contribution < 1.29 is 9.64 Å². The first-order valence-electron chi connectivity index (χ1n) is 7.19.